The van der Waals surface area contributed by atoms with Crippen molar-refractivity contribution in [1.82, 2.24) is 15.1 Å². The van der Waals surface area contributed by atoms with Crippen LogP contribution in [0.15, 0.2) is 23.2 Å². The molecule has 1 saturated heterocycles. The zero-order valence-electron chi connectivity index (χ0n) is 20.1. The summed E-state index contributed by atoms with van der Waals surface area (Å²) in [6.07, 6.45) is 3.95. The smallest absolute Gasteiger partial charge is 0.410 e. The second-order valence-electron chi connectivity index (χ2n) is 9.69. The van der Waals surface area contributed by atoms with E-state index in [1.54, 1.807) is 26.3 Å². The summed E-state index contributed by atoms with van der Waals surface area (Å²) >= 11 is 0. The zero-order chi connectivity index (χ0) is 23.3. The van der Waals surface area contributed by atoms with E-state index in [-0.39, 0.29) is 17.9 Å². The Morgan fingerprint density at radius 1 is 1.25 bits per heavy atom. The van der Waals surface area contributed by atoms with Crippen molar-refractivity contribution < 1.29 is 19.4 Å². The molecule has 1 aliphatic heterocycles. The zero-order valence-corrected chi connectivity index (χ0v) is 20.1. The number of rotatable bonds is 6. The monoisotopic (exact) mass is 446 g/mol. The number of amides is 1. The Balaban J connectivity index is 1.57. The van der Waals surface area contributed by atoms with E-state index in [4.69, 9.17) is 9.47 Å². The van der Waals surface area contributed by atoms with Crippen molar-refractivity contribution >= 4 is 12.1 Å². The Bertz CT molecular complexity index is 809. The largest absolute Gasteiger partial charge is 0.508 e. The number of methoxy groups -OCH3 is 1. The molecule has 0 atom stereocenters. The van der Waals surface area contributed by atoms with Crippen LogP contribution in [-0.2, 0) is 11.3 Å². The number of phenols is 1. The highest BCUT2D eigenvalue weighted by Crippen LogP contribution is 2.32. The minimum atomic E-state index is -0.489. The van der Waals surface area contributed by atoms with Gasteiger partial charge in [0.15, 0.2) is 5.96 Å². The van der Waals surface area contributed by atoms with Gasteiger partial charge in [-0.2, -0.15) is 0 Å². The summed E-state index contributed by atoms with van der Waals surface area (Å²) in [6.45, 7) is 8.59. The second-order valence-corrected chi connectivity index (χ2v) is 9.69. The lowest BCUT2D eigenvalue weighted by Crippen LogP contribution is -2.52. The highest BCUT2D eigenvalue weighted by atomic mass is 16.6. The number of nitrogens with zero attached hydrogens (tertiary/aromatic N) is 3. The quantitative estimate of drug-likeness (QED) is 0.513. The maximum atomic E-state index is 12.9. The molecule has 1 heterocycles. The van der Waals surface area contributed by atoms with Crippen LogP contribution in [0.2, 0.25) is 0 Å². The standard InChI is InChI=1S/C24H38N4O4/c1-24(2,3)32-23(30)28(16-17-6-7-17)19-10-12-27(13-11-19)22(25-4)26-15-18-14-20(31-5)8-9-21(18)29/h8-9,14,17,19,29H,6-7,10-13,15-16H2,1-5H3,(H,25,26). The fraction of sp³-hybridized carbons (Fsp3) is 0.667. The maximum Gasteiger partial charge on any atom is 0.410 e. The Hall–Kier alpha value is -2.64. The molecule has 0 spiro atoms. The third kappa shape index (κ3) is 6.68. The average Bonchev–Trinajstić information content (AvgIpc) is 3.57. The van der Waals surface area contributed by atoms with Crippen LogP contribution in [0.1, 0.15) is 52.0 Å². The average molecular weight is 447 g/mol. The minimum Gasteiger partial charge on any atom is -0.508 e. The number of benzene rings is 1. The van der Waals surface area contributed by atoms with E-state index in [2.05, 4.69) is 15.2 Å². The summed E-state index contributed by atoms with van der Waals surface area (Å²) in [5.74, 6) is 2.33. The summed E-state index contributed by atoms with van der Waals surface area (Å²) in [5, 5.41) is 13.5. The Morgan fingerprint density at radius 3 is 2.50 bits per heavy atom. The van der Waals surface area contributed by atoms with E-state index in [1.807, 2.05) is 31.7 Å². The van der Waals surface area contributed by atoms with E-state index < -0.39 is 5.60 Å². The molecule has 8 heteroatoms. The van der Waals surface area contributed by atoms with Gasteiger partial charge in [0.1, 0.15) is 17.1 Å². The van der Waals surface area contributed by atoms with Crippen LogP contribution in [0.5, 0.6) is 11.5 Å². The summed E-state index contributed by atoms with van der Waals surface area (Å²) in [4.78, 5) is 21.5. The summed E-state index contributed by atoms with van der Waals surface area (Å²) in [6, 6.07) is 5.37. The molecule has 0 bridgehead atoms. The molecule has 3 rings (SSSR count). The molecule has 0 aromatic heterocycles. The third-order valence-electron chi connectivity index (χ3n) is 5.92. The van der Waals surface area contributed by atoms with E-state index in [9.17, 15) is 9.90 Å². The highest BCUT2D eigenvalue weighted by molar-refractivity contribution is 5.80. The first-order valence-electron chi connectivity index (χ1n) is 11.5. The Morgan fingerprint density at radius 2 is 1.94 bits per heavy atom. The van der Waals surface area contributed by atoms with Gasteiger partial charge in [0.2, 0.25) is 0 Å². The van der Waals surface area contributed by atoms with Gasteiger partial charge in [-0.3, -0.25) is 4.99 Å². The molecule has 32 heavy (non-hydrogen) atoms. The van der Waals surface area contributed by atoms with E-state index in [0.717, 1.165) is 44.0 Å². The SMILES string of the molecule is CN=C(NCc1cc(OC)ccc1O)N1CCC(N(CC2CC2)C(=O)OC(C)(C)C)CC1. The fourth-order valence-electron chi connectivity index (χ4n) is 4.00. The van der Waals surface area contributed by atoms with Crippen LogP contribution >= 0.6 is 0 Å². The van der Waals surface area contributed by atoms with Crippen LogP contribution in [-0.4, -0.2) is 72.4 Å². The molecule has 2 aliphatic rings. The van der Waals surface area contributed by atoms with Gasteiger partial charge in [0, 0.05) is 44.8 Å². The number of carbonyl (C=O) groups is 1. The molecule has 1 aromatic carbocycles. The summed E-state index contributed by atoms with van der Waals surface area (Å²) in [5.41, 5.74) is 0.262. The molecule has 1 aliphatic carbocycles. The number of hydrogen-bond acceptors (Lipinski definition) is 5. The highest BCUT2D eigenvalue weighted by Gasteiger charge is 2.35. The molecule has 0 unspecified atom stereocenters. The van der Waals surface area contributed by atoms with Crippen LogP contribution in [0.3, 0.4) is 0 Å². The predicted octanol–water partition coefficient (Wildman–Crippen LogP) is 3.59. The number of carbonyl (C=O) groups excluding carboxylic acids is 1. The first-order chi connectivity index (χ1) is 15.2. The van der Waals surface area contributed by atoms with Crippen molar-refractivity contribution in [3.05, 3.63) is 23.8 Å². The van der Waals surface area contributed by atoms with Crippen LogP contribution < -0.4 is 10.1 Å². The first kappa shape index (κ1) is 24.0. The van der Waals surface area contributed by atoms with Crippen LogP contribution in [0, 0.1) is 5.92 Å². The normalized spacial score (nSPS) is 17.8. The molecular weight excluding hydrogens is 408 g/mol. The van der Waals surface area contributed by atoms with Gasteiger partial charge in [-0.1, -0.05) is 0 Å². The van der Waals surface area contributed by atoms with Gasteiger partial charge in [0.25, 0.3) is 0 Å². The van der Waals surface area contributed by atoms with Crippen molar-refractivity contribution in [2.75, 3.05) is 33.8 Å². The van der Waals surface area contributed by atoms with Crippen LogP contribution in [0.25, 0.3) is 0 Å². The van der Waals surface area contributed by atoms with Gasteiger partial charge in [-0.15, -0.1) is 0 Å². The molecule has 1 saturated carbocycles. The van der Waals surface area contributed by atoms with Crippen molar-refractivity contribution in [2.24, 2.45) is 10.9 Å². The first-order valence-corrected chi connectivity index (χ1v) is 11.5. The molecule has 0 radical (unpaired) electrons. The number of hydrogen-bond donors (Lipinski definition) is 2. The van der Waals surface area contributed by atoms with Gasteiger partial charge in [-0.05, 0) is 70.6 Å². The maximum absolute atomic E-state index is 12.9. The fourth-order valence-corrected chi connectivity index (χ4v) is 4.00. The predicted molar refractivity (Wildman–Crippen MR) is 125 cm³/mol. The number of aliphatic imine (C=N–C) groups is 1. The van der Waals surface area contributed by atoms with Crippen LogP contribution in [0.4, 0.5) is 4.79 Å². The molecule has 178 valence electrons. The summed E-state index contributed by atoms with van der Waals surface area (Å²) < 4.78 is 11.0. The van der Waals surface area contributed by atoms with Gasteiger partial charge >= 0.3 is 6.09 Å². The molecule has 2 fully saturated rings. The number of likely N-dealkylation sites (tertiary alicyclic amines) is 1. The number of guanidine groups is 1. The number of aromatic hydroxyl groups is 1. The number of ether oxygens (including phenoxy) is 2. The Kier molecular flexibility index (Phi) is 7.74. The van der Waals surface area contributed by atoms with E-state index in [1.165, 1.54) is 12.8 Å². The molecule has 1 amide bonds. The van der Waals surface area contributed by atoms with Gasteiger partial charge in [-0.25, -0.2) is 4.79 Å². The molecule has 2 N–H and O–H groups in total. The second kappa shape index (κ2) is 10.3. The third-order valence-corrected chi connectivity index (χ3v) is 5.92. The van der Waals surface area contributed by atoms with Crippen molar-refractivity contribution in [3.8, 4) is 11.5 Å². The van der Waals surface area contributed by atoms with Crippen molar-refractivity contribution in [1.29, 1.82) is 0 Å². The van der Waals surface area contributed by atoms with Crippen molar-refractivity contribution in [3.63, 3.8) is 0 Å². The lowest BCUT2D eigenvalue weighted by molar-refractivity contribution is 0.00928. The number of phenolic OH excluding ortho intramolecular Hbond substituents is 1. The van der Waals surface area contributed by atoms with Gasteiger partial charge < -0.3 is 29.7 Å². The van der Waals surface area contributed by atoms with Crippen molar-refractivity contribution in [2.45, 2.75) is 64.6 Å². The minimum absolute atomic E-state index is 0.183. The lowest BCUT2D eigenvalue weighted by Gasteiger charge is -2.40. The molecular formula is C24H38N4O4. The topological polar surface area (TPSA) is 86.6 Å². The molecule has 1 aromatic rings. The Labute approximate surface area is 191 Å². The van der Waals surface area contributed by atoms with Gasteiger partial charge in [0.05, 0.1) is 7.11 Å². The van der Waals surface area contributed by atoms with E-state index in [0.29, 0.717) is 18.2 Å². The number of nitrogens with one attached hydrogen (secondary N) is 1. The number of piperidine rings is 1. The van der Waals surface area contributed by atoms with E-state index >= 15 is 0 Å². The molecule has 8 nitrogen and oxygen atoms in total. The lowest BCUT2D eigenvalue weighted by atomic mass is 10.0. The summed E-state index contributed by atoms with van der Waals surface area (Å²) in [7, 11) is 3.37.